The summed E-state index contributed by atoms with van der Waals surface area (Å²) < 4.78 is 0. The van der Waals surface area contributed by atoms with Crippen molar-refractivity contribution in [2.45, 2.75) is 157 Å². The fourth-order valence-electron chi connectivity index (χ4n) is 9.47. The summed E-state index contributed by atoms with van der Waals surface area (Å²) in [7, 11) is 0. The van der Waals surface area contributed by atoms with Gasteiger partial charge in [-0.15, -0.1) is 0 Å². The van der Waals surface area contributed by atoms with E-state index in [4.69, 9.17) is 0 Å². The Morgan fingerprint density at radius 3 is 0.929 bits per heavy atom. The normalized spacial score (nSPS) is 13.0. The Hall–Kier alpha value is -6.12. The number of nitrogens with one attached hydrogen (secondary N) is 2. The highest BCUT2D eigenvalue weighted by molar-refractivity contribution is 6.21. The molecule has 0 spiro atoms. The number of fused-ring (bicyclic) bond motifs is 2. The minimum atomic E-state index is -0.0240. The van der Waals surface area contributed by atoms with Gasteiger partial charge >= 0.3 is 0 Å². The van der Waals surface area contributed by atoms with E-state index in [-0.39, 0.29) is 32.5 Å². The summed E-state index contributed by atoms with van der Waals surface area (Å²) in [6, 6.07) is 55.6. The van der Waals surface area contributed by atoms with E-state index in [1.165, 1.54) is 72.1 Å². The molecule has 70 heavy (non-hydrogen) atoms. The van der Waals surface area contributed by atoms with Gasteiger partial charge in [-0.05, 0) is 136 Å². The highest BCUT2D eigenvalue weighted by atomic mass is 14.9. The number of anilines is 4. The minimum Gasteiger partial charge on any atom is -0.354 e. The SMILES string of the molecule is CC(C)(C)c1cc(Nc2c3ccccc3c(Nc3cc(-c4cc(C(C)(C)C)cc(C(C)(C)C)c4)cc(-c4cc(C(C)(C)C)cc(C(C)(C)C)c4)c3)c3cc(-c4ccccc4)ccc23)cc(C(C)(C)C)c1. The molecule has 0 unspecified atom stereocenters. The molecule has 8 aromatic carbocycles. The zero-order valence-electron chi connectivity index (χ0n) is 45.9. The van der Waals surface area contributed by atoms with E-state index >= 15 is 0 Å². The molecule has 0 aromatic heterocycles. The summed E-state index contributed by atoms with van der Waals surface area (Å²) in [5, 5.41) is 12.9. The van der Waals surface area contributed by atoms with Gasteiger partial charge in [0.25, 0.3) is 0 Å². The van der Waals surface area contributed by atoms with E-state index in [2.05, 4.69) is 281 Å². The quantitative estimate of drug-likeness (QED) is 0.123. The Bertz CT molecular complexity index is 3040. The Kier molecular flexibility index (Phi) is 12.9. The van der Waals surface area contributed by atoms with Crippen molar-refractivity contribution in [1.82, 2.24) is 0 Å². The molecule has 2 nitrogen and oxygen atoms in total. The van der Waals surface area contributed by atoms with Crippen LogP contribution in [0.3, 0.4) is 0 Å². The maximum absolute atomic E-state index is 4.19. The first-order chi connectivity index (χ1) is 32.4. The number of rotatable bonds is 7. The molecule has 8 aromatic rings. The van der Waals surface area contributed by atoms with E-state index in [1.54, 1.807) is 0 Å². The molecule has 2 heteroatoms. The van der Waals surface area contributed by atoms with Crippen LogP contribution < -0.4 is 10.6 Å². The topological polar surface area (TPSA) is 24.1 Å². The molecule has 0 bridgehead atoms. The highest BCUT2D eigenvalue weighted by Crippen LogP contribution is 2.46. The summed E-state index contributed by atoms with van der Waals surface area (Å²) >= 11 is 0. The maximum atomic E-state index is 4.19. The lowest BCUT2D eigenvalue weighted by atomic mass is 9.78. The first-order valence-electron chi connectivity index (χ1n) is 25.7. The summed E-state index contributed by atoms with van der Waals surface area (Å²) in [4.78, 5) is 0. The molecule has 0 aliphatic rings. The first-order valence-corrected chi connectivity index (χ1v) is 25.7. The van der Waals surface area contributed by atoms with Crippen molar-refractivity contribution in [2.24, 2.45) is 0 Å². The van der Waals surface area contributed by atoms with Crippen molar-refractivity contribution in [1.29, 1.82) is 0 Å². The van der Waals surface area contributed by atoms with Crippen molar-refractivity contribution in [2.75, 3.05) is 10.6 Å². The lowest BCUT2D eigenvalue weighted by molar-refractivity contribution is 0.568. The maximum Gasteiger partial charge on any atom is 0.0545 e. The van der Waals surface area contributed by atoms with E-state index in [1.807, 2.05) is 0 Å². The largest absolute Gasteiger partial charge is 0.354 e. The Balaban J connectivity index is 1.43. The van der Waals surface area contributed by atoms with Crippen molar-refractivity contribution in [3.63, 3.8) is 0 Å². The first kappa shape index (κ1) is 50.3. The van der Waals surface area contributed by atoms with Crippen LogP contribution in [0.4, 0.5) is 22.7 Å². The van der Waals surface area contributed by atoms with E-state index < -0.39 is 0 Å². The Morgan fingerprint density at radius 1 is 0.229 bits per heavy atom. The van der Waals surface area contributed by atoms with Gasteiger partial charge in [-0.2, -0.15) is 0 Å². The zero-order valence-corrected chi connectivity index (χ0v) is 45.9. The average molecular weight is 925 g/mol. The number of hydrogen-bond donors (Lipinski definition) is 2. The van der Waals surface area contributed by atoms with Crippen LogP contribution in [0.15, 0.2) is 146 Å². The number of hydrogen-bond acceptors (Lipinski definition) is 2. The van der Waals surface area contributed by atoms with E-state index in [0.29, 0.717) is 0 Å². The summed E-state index contributed by atoms with van der Waals surface area (Å²) in [5.74, 6) is 0. The fourth-order valence-corrected chi connectivity index (χ4v) is 9.47. The van der Waals surface area contributed by atoms with Gasteiger partial charge in [-0.25, -0.2) is 0 Å². The second kappa shape index (κ2) is 17.9. The van der Waals surface area contributed by atoms with Crippen LogP contribution in [0.5, 0.6) is 0 Å². The second-order valence-corrected chi connectivity index (χ2v) is 26.4. The van der Waals surface area contributed by atoms with Gasteiger partial charge in [0.1, 0.15) is 0 Å². The van der Waals surface area contributed by atoms with Gasteiger partial charge in [0.2, 0.25) is 0 Å². The minimum absolute atomic E-state index is 0.0155. The molecule has 0 saturated heterocycles. The summed E-state index contributed by atoms with van der Waals surface area (Å²) in [6.45, 7) is 41.8. The molecular formula is C68H80N2. The van der Waals surface area contributed by atoms with Gasteiger partial charge < -0.3 is 10.6 Å². The summed E-state index contributed by atoms with van der Waals surface area (Å²) in [5.41, 5.74) is 19.5. The standard InChI is InChI=1S/C68H80N2/c1-63(2,3)49-31-47(32-50(38-49)64(4,5)6)45-30-46(48-33-51(65(7,8)9)39-52(34-48)66(10,11)12)36-55(35-45)69-62-58-27-23-22-26-57(58)61(59-29-28-44(37-60(59)62)43-24-20-19-21-25-43)70-56-41-53(67(13,14)15)40-54(42-56)68(16,17)18/h19-42,69-70H,1-18H3. The van der Waals surface area contributed by atoms with E-state index in [9.17, 15) is 0 Å². The predicted molar refractivity (Wildman–Crippen MR) is 309 cm³/mol. The molecule has 0 radical (unpaired) electrons. The third-order valence-corrected chi connectivity index (χ3v) is 14.3. The van der Waals surface area contributed by atoms with Crippen LogP contribution in [-0.4, -0.2) is 0 Å². The third-order valence-electron chi connectivity index (χ3n) is 14.3. The Morgan fingerprint density at radius 2 is 0.543 bits per heavy atom. The Labute approximate surface area is 422 Å². The monoisotopic (exact) mass is 925 g/mol. The van der Waals surface area contributed by atoms with Crippen LogP contribution in [0.25, 0.3) is 54.9 Å². The van der Waals surface area contributed by atoms with Crippen molar-refractivity contribution in [3.8, 4) is 33.4 Å². The molecule has 0 fully saturated rings. The van der Waals surface area contributed by atoms with Crippen LogP contribution in [-0.2, 0) is 32.5 Å². The molecular weight excluding hydrogens is 845 g/mol. The van der Waals surface area contributed by atoms with Gasteiger partial charge in [-0.3, -0.25) is 0 Å². The fraction of sp³-hybridized carbons (Fsp3) is 0.353. The number of benzene rings is 8. The molecule has 362 valence electrons. The van der Waals surface area contributed by atoms with Crippen LogP contribution >= 0.6 is 0 Å². The molecule has 0 saturated carbocycles. The molecule has 0 atom stereocenters. The van der Waals surface area contributed by atoms with Gasteiger partial charge in [0, 0.05) is 32.9 Å². The van der Waals surface area contributed by atoms with Crippen LogP contribution in [0.1, 0.15) is 158 Å². The molecule has 2 N–H and O–H groups in total. The van der Waals surface area contributed by atoms with E-state index in [0.717, 1.165) is 38.9 Å². The highest BCUT2D eigenvalue weighted by Gasteiger charge is 2.26. The molecule has 0 aliphatic carbocycles. The molecule has 0 amide bonds. The molecule has 0 heterocycles. The average Bonchev–Trinajstić information content (AvgIpc) is 3.28. The van der Waals surface area contributed by atoms with Crippen molar-refractivity contribution < 1.29 is 0 Å². The van der Waals surface area contributed by atoms with Crippen molar-refractivity contribution >= 4 is 44.3 Å². The van der Waals surface area contributed by atoms with Gasteiger partial charge in [0.15, 0.2) is 0 Å². The molecule has 0 aliphatic heterocycles. The molecule has 8 rings (SSSR count). The lowest BCUT2D eigenvalue weighted by Crippen LogP contribution is -2.16. The van der Waals surface area contributed by atoms with Gasteiger partial charge in [-0.1, -0.05) is 234 Å². The van der Waals surface area contributed by atoms with Crippen molar-refractivity contribution in [3.05, 3.63) is 179 Å². The van der Waals surface area contributed by atoms with Crippen LogP contribution in [0.2, 0.25) is 0 Å². The lowest BCUT2D eigenvalue weighted by Gasteiger charge is -2.27. The van der Waals surface area contributed by atoms with Crippen LogP contribution in [0, 0.1) is 0 Å². The smallest absolute Gasteiger partial charge is 0.0545 e. The second-order valence-electron chi connectivity index (χ2n) is 26.4. The summed E-state index contributed by atoms with van der Waals surface area (Å²) in [6.07, 6.45) is 0. The third kappa shape index (κ3) is 10.8. The predicted octanol–water partition coefficient (Wildman–Crippen LogP) is 20.3. The van der Waals surface area contributed by atoms with Gasteiger partial charge in [0.05, 0.1) is 11.4 Å². The zero-order chi connectivity index (χ0) is 50.9.